The van der Waals surface area contributed by atoms with E-state index in [0.29, 0.717) is 17.1 Å². The van der Waals surface area contributed by atoms with Gasteiger partial charge in [-0.1, -0.05) is 18.2 Å². The number of rotatable bonds is 5. The standard InChI is InChI=1S/C19H23N3O3S/c1-14-12-16(19(24)25-2)18(26-14)20-17(23)13-21-8-10-22(11-9-21)15-6-4-3-5-7-15/h3-7,12H,8-11,13H2,1-2H3,(H,20,23). The number of hydrogen-bond acceptors (Lipinski definition) is 6. The zero-order valence-corrected chi connectivity index (χ0v) is 15.8. The summed E-state index contributed by atoms with van der Waals surface area (Å²) in [7, 11) is 1.34. The monoisotopic (exact) mass is 373 g/mol. The van der Waals surface area contributed by atoms with E-state index in [1.165, 1.54) is 24.1 Å². The number of benzene rings is 1. The van der Waals surface area contributed by atoms with Gasteiger partial charge in [0.15, 0.2) is 0 Å². The molecule has 0 saturated carbocycles. The van der Waals surface area contributed by atoms with Gasteiger partial charge in [-0.2, -0.15) is 0 Å². The van der Waals surface area contributed by atoms with Crippen LogP contribution >= 0.6 is 11.3 Å². The number of ether oxygens (including phenoxy) is 1. The van der Waals surface area contributed by atoms with Gasteiger partial charge in [0, 0.05) is 36.7 Å². The molecule has 1 N–H and O–H groups in total. The molecule has 0 radical (unpaired) electrons. The van der Waals surface area contributed by atoms with Gasteiger partial charge in [0.05, 0.1) is 19.2 Å². The van der Waals surface area contributed by atoms with Crippen molar-refractivity contribution in [2.45, 2.75) is 6.92 Å². The normalized spacial score (nSPS) is 14.9. The Hall–Kier alpha value is -2.38. The van der Waals surface area contributed by atoms with Gasteiger partial charge < -0.3 is 15.0 Å². The molecular weight excluding hydrogens is 350 g/mol. The maximum absolute atomic E-state index is 12.4. The summed E-state index contributed by atoms with van der Waals surface area (Å²) >= 11 is 1.39. The highest BCUT2D eigenvalue weighted by Crippen LogP contribution is 2.28. The summed E-state index contributed by atoms with van der Waals surface area (Å²) in [6.45, 7) is 5.66. The summed E-state index contributed by atoms with van der Waals surface area (Å²) in [5, 5.41) is 3.42. The van der Waals surface area contributed by atoms with E-state index in [9.17, 15) is 9.59 Å². The maximum Gasteiger partial charge on any atom is 0.340 e. The van der Waals surface area contributed by atoms with Crippen molar-refractivity contribution in [2.75, 3.05) is 50.1 Å². The average molecular weight is 373 g/mol. The second kappa shape index (κ2) is 8.33. The first kappa shape index (κ1) is 18.4. The molecule has 1 fully saturated rings. The zero-order chi connectivity index (χ0) is 18.5. The minimum absolute atomic E-state index is 0.106. The Balaban J connectivity index is 1.53. The van der Waals surface area contributed by atoms with Crippen LogP contribution in [-0.4, -0.2) is 56.6 Å². The minimum atomic E-state index is -0.430. The van der Waals surface area contributed by atoms with Gasteiger partial charge in [0.1, 0.15) is 5.00 Å². The van der Waals surface area contributed by atoms with Crippen LogP contribution in [0.25, 0.3) is 0 Å². The number of carbonyl (C=O) groups excluding carboxylic acids is 2. The Morgan fingerprint density at radius 1 is 1.15 bits per heavy atom. The number of hydrogen-bond donors (Lipinski definition) is 1. The molecule has 2 heterocycles. The molecule has 1 aliphatic rings. The number of nitrogens with one attached hydrogen (secondary N) is 1. The molecule has 1 aromatic heterocycles. The number of esters is 1. The topological polar surface area (TPSA) is 61.9 Å². The Kier molecular flexibility index (Phi) is 5.90. The molecule has 3 rings (SSSR count). The van der Waals surface area contributed by atoms with Crippen molar-refractivity contribution in [3.63, 3.8) is 0 Å². The lowest BCUT2D eigenvalue weighted by Gasteiger charge is -2.35. The fourth-order valence-electron chi connectivity index (χ4n) is 3.04. The van der Waals surface area contributed by atoms with Gasteiger partial charge in [-0.25, -0.2) is 4.79 Å². The highest BCUT2D eigenvalue weighted by atomic mass is 32.1. The van der Waals surface area contributed by atoms with Crippen LogP contribution in [0.15, 0.2) is 36.4 Å². The van der Waals surface area contributed by atoms with E-state index in [-0.39, 0.29) is 5.91 Å². The number of para-hydroxylation sites is 1. The molecule has 26 heavy (non-hydrogen) atoms. The quantitative estimate of drug-likeness (QED) is 0.817. The van der Waals surface area contributed by atoms with Crippen molar-refractivity contribution < 1.29 is 14.3 Å². The number of anilines is 2. The van der Waals surface area contributed by atoms with E-state index < -0.39 is 5.97 Å². The smallest absolute Gasteiger partial charge is 0.340 e. The van der Waals surface area contributed by atoms with Crippen molar-refractivity contribution in [1.29, 1.82) is 0 Å². The average Bonchev–Trinajstić information content (AvgIpc) is 3.02. The molecule has 0 bridgehead atoms. The molecule has 2 aromatic rings. The van der Waals surface area contributed by atoms with Crippen molar-refractivity contribution in [3.05, 3.63) is 46.8 Å². The van der Waals surface area contributed by atoms with Crippen LogP contribution in [-0.2, 0) is 9.53 Å². The van der Waals surface area contributed by atoms with Gasteiger partial charge in [-0.05, 0) is 25.1 Å². The molecule has 0 unspecified atom stereocenters. The summed E-state index contributed by atoms with van der Waals surface area (Å²) < 4.78 is 4.78. The van der Waals surface area contributed by atoms with Crippen molar-refractivity contribution in [1.82, 2.24) is 4.90 Å². The Bertz CT molecular complexity index is 768. The van der Waals surface area contributed by atoms with Crippen molar-refractivity contribution in [3.8, 4) is 0 Å². The Labute approximate surface area is 157 Å². The van der Waals surface area contributed by atoms with Crippen molar-refractivity contribution >= 4 is 33.9 Å². The highest BCUT2D eigenvalue weighted by Gasteiger charge is 2.21. The molecule has 0 aliphatic carbocycles. The number of thiophene rings is 1. The number of methoxy groups -OCH3 is 1. The van der Waals surface area contributed by atoms with Crippen LogP contribution < -0.4 is 10.2 Å². The minimum Gasteiger partial charge on any atom is -0.465 e. The van der Waals surface area contributed by atoms with Crippen LogP contribution in [0.4, 0.5) is 10.7 Å². The molecule has 138 valence electrons. The molecule has 7 heteroatoms. The lowest BCUT2D eigenvalue weighted by molar-refractivity contribution is -0.117. The third-order valence-corrected chi connectivity index (χ3v) is 5.34. The van der Waals surface area contributed by atoms with Gasteiger partial charge in [-0.3, -0.25) is 9.69 Å². The van der Waals surface area contributed by atoms with Gasteiger partial charge in [0.2, 0.25) is 5.91 Å². The number of carbonyl (C=O) groups is 2. The van der Waals surface area contributed by atoms with Crippen LogP contribution in [0, 0.1) is 6.92 Å². The Morgan fingerprint density at radius 2 is 1.85 bits per heavy atom. The number of piperazine rings is 1. The lowest BCUT2D eigenvalue weighted by atomic mass is 10.2. The van der Waals surface area contributed by atoms with E-state index in [1.54, 1.807) is 6.07 Å². The fraction of sp³-hybridized carbons (Fsp3) is 0.368. The summed E-state index contributed by atoms with van der Waals surface area (Å²) in [5.41, 5.74) is 1.63. The third-order valence-electron chi connectivity index (χ3n) is 4.37. The number of amides is 1. The molecule has 0 atom stereocenters. The summed E-state index contributed by atoms with van der Waals surface area (Å²) in [4.78, 5) is 29.6. The first-order valence-electron chi connectivity index (χ1n) is 8.58. The van der Waals surface area contributed by atoms with Gasteiger partial charge in [0.25, 0.3) is 0 Å². The molecule has 1 saturated heterocycles. The van der Waals surface area contributed by atoms with Crippen LogP contribution in [0.1, 0.15) is 15.2 Å². The zero-order valence-electron chi connectivity index (χ0n) is 15.0. The number of aryl methyl sites for hydroxylation is 1. The van der Waals surface area contributed by atoms with E-state index in [2.05, 4.69) is 27.2 Å². The van der Waals surface area contributed by atoms with E-state index >= 15 is 0 Å². The lowest BCUT2D eigenvalue weighted by Crippen LogP contribution is -2.48. The molecule has 6 nitrogen and oxygen atoms in total. The fourth-order valence-corrected chi connectivity index (χ4v) is 3.96. The van der Waals surface area contributed by atoms with Crippen LogP contribution in [0.5, 0.6) is 0 Å². The number of nitrogens with zero attached hydrogens (tertiary/aromatic N) is 2. The van der Waals surface area contributed by atoms with E-state index in [1.807, 2.05) is 25.1 Å². The van der Waals surface area contributed by atoms with Gasteiger partial charge in [-0.15, -0.1) is 11.3 Å². The van der Waals surface area contributed by atoms with Crippen LogP contribution in [0.3, 0.4) is 0 Å². The molecule has 0 spiro atoms. The van der Waals surface area contributed by atoms with Crippen LogP contribution in [0.2, 0.25) is 0 Å². The van der Waals surface area contributed by atoms with Gasteiger partial charge >= 0.3 is 5.97 Å². The third kappa shape index (κ3) is 4.42. The second-order valence-corrected chi connectivity index (χ2v) is 7.49. The predicted octanol–water partition coefficient (Wildman–Crippen LogP) is 2.60. The SMILES string of the molecule is COC(=O)c1cc(C)sc1NC(=O)CN1CCN(c2ccccc2)CC1. The maximum atomic E-state index is 12.4. The van der Waals surface area contributed by atoms with E-state index in [4.69, 9.17) is 4.74 Å². The Morgan fingerprint density at radius 3 is 2.50 bits per heavy atom. The molecule has 1 aromatic carbocycles. The first-order valence-corrected chi connectivity index (χ1v) is 9.39. The predicted molar refractivity (Wildman–Crippen MR) is 104 cm³/mol. The second-order valence-electron chi connectivity index (χ2n) is 6.24. The summed E-state index contributed by atoms with van der Waals surface area (Å²) in [6, 6.07) is 12.0. The highest BCUT2D eigenvalue weighted by molar-refractivity contribution is 7.16. The molecular formula is C19H23N3O3S. The summed E-state index contributed by atoms with van der Waals surface area (Å²) in [5.74, 6) is -0.536. The first-order chi connectivity index (χ1) is 12.6. The summed E-state index contributed by atoms with van der Waals surface area (Å²) in [6.07, 6.45) is 0. The molecule has 1 amide bonds. The largest absolute Gasteiger partial charge is 0.465 e. The van der Waals surface area contributed by atoms with Crippen molar-refractivity contribution in [2.24, 2.45) is 0 Å². The van der Waals surface area contributed by atoms with E-state index in [0.717, 1.165) is 31.1 Å². The molecule has 1 aliphatic heterocycles.